The standard InChI is InChI=1S/C18H18N6O3S/c1-27-10-9-23-17-8-7-14(28(19,25)26)11-15(17)21-18(23)16-12-20-24(22-16)13-5-3-2-4-6-13/h2-8,11-12H,9-10H2,1H3,(H2,19,25,26). The van der Waals surface area contributed by atoms with E-state index in [4.69, 9.17) is 9.88 Å². The molecule has 0 amide bonds. The summed E-state index contributed by atoms with van der Waals surface area (Å²) in [6.45, 7) is 0.984. The molecule has 0 saturated carbocycles. The summed E-state index contributed by atoms with van der Waals surface area (Å²) in [5, 5.41) is 14.1. The van der Waals surface area contributed by atoms with Crippen LogP contribution < -0.4 is 5.14 Å². The van der Waals surface area contributed by atoms with Gasteiger partial charge in [-0.05, 0) is 30.3 Å². The van der Waals surface area contributed by atoms with Crippen molar-refractivity contribution < 1.29 is 13.2 Å². The van der Waals surface area contributed by atoms with E-state index < -0.39 is 10.0 Å². The van der Waals surface area contributed by atoms with Crippen molar-refractivity contribution in [3.8, 4) is 17.2 Å². The molecule has 0 saturated heterocycles. The largest absolute Gasteiger partial charge is 0.383 e. The first-order valence-electron chi connectivity index (χ1n) is 8.47. The summed E-state index contributed by atoms with van der Waals surface area (Å²) in [4.78, 5) is 6.12. The Morgan fingerprint density at radius 1 is 1.14 bits per heavy atom. The minimum atomic E-state index is -3.82. The lowest BCUT2D eigenvalue weighted by atomic mass is 10.3. The lowest BCUT2D eigenvalue weighted by Gasteiger charge is -2.07. The average molecular weight is 398 g/mol. The molecule has 0 radical (unpaired) electrons. The number of methoxy groups -OCH3 is 1. The molecule has 4 rings (SSSR count). The molecule has 4 aromatic rings. The molecule has 0 atom stereocenters. The molecule has 0 aliphatic heterocycles. The van der Waals surface area contributed by atoms with E-state index in [0.717, 1.165) is 11.2 Å². The van der Waals surface area contributed by atoms with Crippen molar-refractivity contribution in [3.05, 3.63) is 54.7 Å². The van der Waals surface area contributed by atoms with Crippen LogP contribution in [-0.4, -0.2) is 46.7 Å². The van der Waals surface area contributed by atoms with Gasteiger partial charge in [0.2, 0.25) is 10.0 Å². The second-order valence-electron chi connectivity index (χ2n) is 6.13. The van der Waals surface area contributed by atoms with Gasteiger partial charge in [-0.1, -0.05) is 18.2 Å². The highest BCUT2D eigenvalue weighted by Gasteiger charge is 2.18. The highest BCUT2D eigenvalue weighted by atomic mass is 32.2. The van der Waals surface area contributed by atoms with Gasteiger partial charge in [0.1, 0.15) is 5.69 Å². The fourth-order valence-corrected chi connectivity index (χ4v) is 3.48. The maximum Gasteiger partial charge on any atom is 0.238 e. The Morgan fingerprint density at radius 2 is 1.93 bits per heavy atom. The van der Waals surface area contributed by atoms with Gasteiger partial charge in [0, 0.05) is 13.7 Å². The molecule has 0 aliphatic carbocycles. The second kappa shape index (κ2) is 7.15. The first-order chi connectivity index (χ1) is 13.5. The van der Waals surface area contributed by atoms with E-state index in [1.807, 2.05) is 34.9 Å². The van der Waals surface area contributed by atoms with Gasteiger partial charge < -0.3 is 9.30 Å². The van der Waals surface area contributed by atoms with Crippen LogP contribution in [0.4, 0.5) is 0 Å². The minimum absolute atomic E-state index is 0.0101. The first-order valence-corrected chi connectivity index (χ1v) is 10.0. The van der Waals surface area contributed by atoms with Gasteiger partial charge in [-0.15, -0.1) is 5.10 Å². The average Bonchev–Trinajstić information content (AvgIpc) is 3.30. The maximum absolute atomic E-state index is 11.7. The maximum atomic E-state index is 11.7. The number of fused-ring (bicyclic) bond motifs is 1. The molecule has 0 spiro atoms. The summed E-state index contributed by atoms with van der Waals surface area (Å²) < 4.78 is 30.5. The van der Waals surface area contributed by atoms with Crippen molar-refractivity contribution in [1.29, 1.82) is 0 Å². The monoisotopic (exact) mass is 398 g/mol. The molecule has 9 nitrogen and oxygen atoms in total. The SMILES string of the molecule is COCCn1c(-c2cnn(-c3ccccc3)n2)nc2cc(S(N)(=O)=O)ccc21. The molecule has 144 valence electrons. The number of benzene rings is 2. The zero-order chi connectivity index (χ0) is 19.7. The predicted octanol–water partition coefficient (Wildman–Crippen LogP) is 1.58. The van der Waals surface area contributed by atoms with E-state index in [-0.39, 0.29) is 4.90 Å². The molecular weight excluding hydrogens is 380 g/mol. The summed E-state index contributed by atoms with van der Waals surface area (Å²) in [5.74, 6) is 0.570. The van der Waals surface area contributed by atoms with Crippen molar-refractivity contribution in [2.75, 3.05) is 13.7 Å². The second-order valence-corrected chi connectivity index (χ2v) is 7.69. The molecule has 0 unspecified atom stereocenters. The van der Waals surface area contributed by atoms with Crippen molar-refractivity contribution in [2.45, 2.75) is 11.4 Å². The Morgan fingerprint density at radius 3 is 2.64 bits per heavy atom. The van der Waals surface area contributed by atoms with Crippen molar-refractivity contribution in [3.63, 3.8) is 0 Å². The third-order valence-corrected chi connectivity index (χ3v) is 5.19. The Bertz CT molecular complexity index is 1230. The summed E-state index contributed by atoms with van der Waals surface area (Å²) in [7, 11) is -2.20. The van der Waals surface area contributed by atoms with Crippen LogP contribution in [0.25, 0.3) is 28.2 Å². The van der Waals surface area contributed by atoms with Crippen LogP contribution in [-0.2, 0) is 21.3 Å². The van der Waals surface area contributed by atoms with Gasteiger partial charge >= 0.3 is 0 Å². The molecule has 2 aromatic carbocycles. The number of hydrogen-bond donors (Lipinski definition) is 1. The summed E-state index contributed by atoms with van der Waals surface area (Å²) in [6, 6.07) is 14.1. The Kier molecular flexibility index (Phi) is 4.67. The number of sulfonamides is 1. The van der Waals surface area contributed by atoms with E-state index >= 15 is 0 Å². The van der Waals surface area contributed by atoms with Gasteiger partial charge in [0.15, 0.2) is 5.82 Å². The Labute approximate surface area is 161 Å². The lowest BCUT2D eigenvalue weighted by Crippen LogP contribution is -2.12. The van der Waals surface area contributed by atoms with Crippen LogP contribution in [0, 0.1) is 0 Å². The molecule has 2 N–H and O–H groups in total. The molecular formula is C18H18N6O3S. The highest BCUT2D eigenvalue weighted by molar-refractivity contribution is 7.89. The third-order valence-electron chi connectivity index (χ3n) is 4.28. The van der Waals surface area contributed by atoms with Crippen LogP contribution in [0.15, 0.2) is 59.6 Å². The normalized spacial score (nSPS) is 11.9. The molecule has 2 aromatic heterocycles. The number of nitrogens with two attached hydrogens (primary N) is 1. The Hall–Kier alpha value is -3.08. The number of primary sulfonamides is 1. The van der Waals surface area contributed by atoms with Gasteiger partial charge in [0.25, 0.3) is 0 Å². The molecule has 0 bridgehead atoms. The van der Waals surface area contributed by atoms with E-state index in [9.17, 15) is 8.42 Å². The van der Waals surface area contributed by atoms with Gasteiger partial charge in [-0.2, -0.15) is 9.90 Å². The number of nitrogens with zero attached hydrogens (tertiary/aromatic N) is 5. The molecule has 2 heterocycles. The third kappa shape index (κ3) is 3.40. The van der Waals surface area contributed by atoms with Crippen molar-refractivity contribution >= 4 is 21.1 Å². The van der Waals surface area contributed by atoms with Crippen LogP contribution in [0.1, 0.15) is 0 Å². The minimum Gasteiger partial charge on any atom is -0.383 e. The Balaban J connectivity index is 1.84. The van der Waals surface area contributed by atoms with Gasteiger partial charge in [-0.25, -0.2) is 18.5 Å². The van der Waals surface area contributed by atoms with Crippen LogP contribution in [0.2, 0.25) is 0 Å². The van der Waals surface area contributed by atoms with Gasteiger partial charge in [0.05, 0.1) is 34.4 Å². The fourth-order valence-electron chi connectivity index (χ4n) is 2.94. The van der Waals surface area contributed by atoms with Crippen molar-refractivity contribution in [2.24, 2.45) is 5.14 Å². The molecule has 0 fully saturated rings. The van der Waals surface area contributed by atoms with Gasteiger partial charge in [-0.3, -0.25) is 0 Å². The molecule has 28 heavy (non-hydrogen) atoms. The van der Waals surface area contributed by atoms with Crippen molar-refractivity contribution in [1.82, 2.24) is 24.5 Å². The van der Waals surface area contributed by atoms with Crippen LogP contribution in [0.5, 0.6) is 0 Å². The first kappa shape index (κ1) is 18.3. The fraction of sp³-hybridized carbons (Fsp3) is 0.167. The molecule has 10 heteroatoms. The number of para-hydroxylation sites is 1. The van der Waals surface area contributed by atoms with E-state index in [1.54, 1.807) is 19.4 Å². The number of imidazole rings is 1. The summed E-state index contributed by atoms with van der Waals surface area (Å²) in [6.07, 6.45) is 1.62. The zero-order valence-electron chi connectivity index (χ0n) is 15.1. The number of hydrogen-bond acceptors (Lipinski definition) is 6. The molecule has 0 aliphatic rings. The predicted molar refractivity (Wildman–Crippen MR) is 103 cm³/mol. The van der Waals surface area contributed by atoms with E-state index in [1.165, 1.54) is 16.9 Å². The lowest BCUT2D eigenvalue weighted by molar-refractivity contribution is 0.188. The zero-order valence-corrected chi connectivity index (χ0v) is 15.9. The summed E-state index contributed by atoms with van der Waals surface area (Å²) >= 11 is 0. The quantitative estimate of drug-likeness (QED) is 0.527. The number of aromatic nitrogens is 5. The summed E-state index contributed by atoms with van der Waals surface area (Å²) in [5.41, 5.74) is 2.65. The smallest absolute Gasteiger partial charge is 0.238 e. The van der Waals surface area contributed by atoms with Crippen LogP contribution in [0.3, 0.4) is 0 Å². The van der Waals surface area contributed by atoms with E-state index in [0.29, 0.717) is 30.2 Å². The topological polar surface area (TPSA) is 118 Å². The number of rotatable bonds is 6. The van der Waals surface area contributed by atoms with Crippen LogP contribution >= 0.6 is 0 Å². The highest BCUT2D eigenvalue weighted by Crippen LogP contribution is 2.25. The number of ether oxygens (including phenoxy) is 1. The van der Waals surface area contributed by atoms with E-state index in [2.05, 4.69) is 15.2 Å².